The first kappa shape index (κ1) is 16.3. The van der Waals surface area contributed by atoms with Gasteiger partial charge in [0.1, 0.15) is 0 Å². The monoisotopic (exact) mass is 337 g/mol. The third-order valence-electron chi connectivity index (χ3n) is 2.75. The van der Waals surface area contributed by atoms with Gasteiger partial charge in [0.05, 0.1) is 0 Å². The number of esters is 1. The lowest BCUT2D eigenvalue weighted by molar-refractivity contribution is -0.152. The molecular formula is C16H13Cl2NO3. The summed E-state index contributed by atoms with van der Waals surface area (Å²) in [4.78, 5) is 23.6. The zero-order chi connectivity index (χ0) is 16.1. The van der Waals surface area contributed by atoms with Gasteiger partial charge in [0.15, 0.2) is 0 Å². The molecule has 0 saturated heterocycles. The Balaban J connectivity index is 2.24. The normalized spacial score (nSPS) is 11.6. The molecule has 1 amide bonds. The predicted octanol–water partition coefficient (Wildman–Crippen LogP) is 4.24. The summed E-state index contributed by atoms with van der Waals surface area (Å²) in [5, 5.41) is 3.43. The first-order valence-corrected chi connectivity index (χ1v) is 7.20. The van der Waals surface area contributed by atoms with Gasteiger partial charge in [0, 0.05) is 28.2 Å². The number of benzene rings is 2. The van der Waals surface area contributed by atoms with Gasteiger partial charge in [-0.05, 0) is 18.2 Å². The number of anilines is 1. The number of hydrogen-bond donors (Lipinski definition) is 1. The van der Waals surface area contributed by atoms with E-state index < -0.39 is 18.0 Å². The highest BCUT2D eigenvalue weighted by Gasteiger charge is 2.23. The molecule has 0 aliphatic rings. The molecule has 0 aliphatic carbocycles. The van der Waals surface area contributed by atoms with Crippen LogP contribution in [-0.2, 0) is 14.3 Å². The number of amides is 1. The average molecular weight is 338 g/mol. The maximum atomic E-state index is 12.4. The summed E-state index contributed by atoms with van der Waals surface area (Å²) in [5.74, 6) is -1.03. The van der Waals surface area contributed by atoms with Crippen molar-refractivity contribution in [1.29, 1.82) is 0 Å². The number of carbonyl (C=O) groups excluding carboxylic acids is 2. The highest BCUT2D eigenvalue weighted by atomic mass is 35.5. The molecule has 2 rings (SSSR count). The van der Waals surface area contributed by atoms with Crippen LogP contribution in [0.3, 0.4) is 0 Å². The smallest absolute Gasteiger partial charge is 0.303 e. The molecule has 0 radical (unpaired) electrons. The molecule has 1 N–H and O–H groups in total. The third-order valence-corrected chi connectivity index (χ3v) is 3.19. The van der Waals surface area contributed by atoms with E-state index in [-0.39, 0.29) is 0 Å². The van der Waals surface area contributed by atoms with Gasteiger partial charge in [0.2, 0.25) is 6.10 Å². The van der Waals surface area contributed by atoms with Crippen LogP contribution in [0, 0.1) is 0 Å². The lowest BCUT2D eigenvalue weighted by Gasteiger charge is -2.17. The number of carbonyl (C=O) groups is 2. The molecule has 22 heavy (non-hydrogen) atoms. The fourth-order valence-electron chi connectivity index (χ4n) is 1.90. The maximum Gasteiger partial charge on any atom is 0.303 e. The number of ether oxygens (including phenoxy) is 1. The lowest BCUT2D eigenvalue weighted by atomic mass is 10.1. The van der Waals surface area contributed by atoms with Gasteiger partial charge in [-0.25, -0.2) is 0 Å². The topological polar surface area (TPSA) is 55.4 Å². The molecule has 1 atom stereocenters. The summed E-state index contributed by atoms with van der Waals surface area (Å²) in [6.45, 7) is 1.25. The van der Waals surface area contributed by atoms with Crippen LogP contribution in [-0.4, -0.2) is 11.9 Å². The Morgan fingerprint density at radius 1 is 1.05 bits per heavy atom. The van der Waals surface area contributed by atoms with Crippen LogP contribution in [0.2, 0.25) is 10.0 Å². The number of rotatable bonds is 4. The molecule has 2 aromatic rings. The van der Waals surface area contributed by atoms with Crippen LogP contribution in [0.4, 0.5) is 5.69 Å². The third kappa shape index (κ3) is 4.48. The van der Waals surface area contributed by atoms with Gasteiger partial charge in [-0.15, -0.1) is 0 Å². The van der Waals surface area contributed by atoms with E-state index in [4.69, 9.17) is 27.9 Å². The van der Waals surface area contributed by atoms with E-state index in [0.717, 1.165) is 0 Å². The summed E-state index contributed by atoms with van der Waals surface area (Å²) >= 11 is 11.8. The standard InChI is InChI=1S/C16H13Cl2NO3/c1-10(20)22-15(11-5-3-2-4-6-11)16(21)19-14-8-12(17)7-13(18)9-14/h2-9,15H,1H3,(H,19,21)/t15-/m0/s1. The number of nitrogens with one attached hydrogen (secondary N) is 1. The highest BCUT2D eigenvalue weighted by Crippen LogP contribution is 2.25. The Bertz CT molecular complexity index is 669. The molecule has 0 saturated carbocycles. The van der Waals surface area contributed by atoms with Gasteiger partial charge in [0.25, 0.3) is 5.91 Å². The van der Waals surface area contributed by atoms with Gasteiger partial charge in [-0.1, -0.05) is 53.5 Å². The summed E-state index contributed by atoms with van der Waals surface area (Å²) in [6, 6.07) is 13.4. The Morgan fingerprint density at radius 3 is 2.18 bits per heavy atom. The van der Waals surface area contributed by atoms with E-state index in [9.17, 15) is 9.59 Å². The molecule has 0 spiro atoms. The highest BCUT2D eigenvalue weighted by molar-refractivity contribution is 6.35. The molecule has 4 nitrogen and oxygen atoms in total. The first-order valence-electron chi connectivity index (χ1n) is 6.45. The summed E-state index contributed by atoms with van der Waals surface area (Å²) in [6.07, 6.45) is -1.04. The quantitative estimate of drug-likeness (QED) is 0.849. The minimum Gasteiger partial charge on any atom is -0.447 e. The van der Waals surface area contributed by atoms with Crippen LogP contribution < -0.4 is 5.32 Å². The zero-order valence-electron chi connectivity index (χ0n) is 11.7. The molecule has 0 fully saturated rings. The Morgan fingerprint density at radius 2 is 1.64 bits per heavy atom. The first-order chi connectivity index (χ1) is 10.5. The van der Waals surface area contributed by atoms with Crippen molar-refractivity contribution in [1.82, 2.24) is 0 Å². The second-order valence-electron chi connectivity index (χ2n) is 4.55. The van der Waals surface area contributed by atoms with Crippen LogP contribution in [0.15, 0.2) is 48.5 Å². The number of hydrogen-bond acceptors (Lipinski definition) is 3. The van der Waals surface area contributed by atoms with Gasteiger partial charge >= 0.3 is 5.97 Å². The molecule has 0 aliphatic heterocycles. The van der Waals surface area contributed by atoms with Crippen molar-refractivity contribution >= 4 is 40.8 Å². The Kier molecular flexibility index (Phi) is 5.41. The van der Waals surface area contributed by atoms with E-state index in [1.807, 2.05) is 6.07 Å². The van der Waals surface area contributed by atoms with Crippen molar-refractivity contribution < 1.29 is 14.3 Å². The molecule has 0 bridgehead atoms. The molecule has 0 aromatic heterocycles. The van der Waals surface area contributed by atoms with Crippen molar-refractivity contribution in [3.8, 4) is 0 Å². The van der Waals surface area contributed by atoms with Crippen molar-refractivity contribution in [2.45, 2.75) is 13.0 Å². The summed E-state index contributed by atoms with van der Waals surface area (Å²) < 4.78 is 5.11. The fraction of sp³-hybridized carbons (Fsp3) is 0.125. The lowest BCUT2D eigenvalue weighted by Crippen LogP contribution is -2.25. The molecular weight excluding hydrogens is 325 g/mol. The average Bonchev–Trinajstić information content (AvgIpc) is 2.44. The Labute approximate surface area is 138 Å². The van der Waals surface area contributed by atoms with Gasteiger partial charge < -0.3 is 10.1 Å². The SMILES string of the molecule is CC(=O)O[C@H](C(=O)Nc1cc(Cl)cc(Cl)c1)c1ccccc1. The maximum absolute atomic E-state index is 12.4. The molecule has 6 heteroatoms. The molecule has 0 heterocycles. The predicted molar refractivity (Wildman–Crippen MR) is 86.0 cm³/mol. The molecule has 0 unspecified atom stereocenters. The minimum absolute atomic E-state index is 0.395. The number of halogens is 2. The van der Waals surface area contributed by atoms with Crippen LogP contribution in [0.5, 0.6) is 0 Å². The van der Waals surface area contributed by atoms with E-state index in [1.165, 1.54) is 6.92 Å². The molecule has 114 valence electrons. The minimum atomic E-state index is -1.04. The van der Waals surface area contributed by atoms with Gasteiger partial charge in [-0.2, -0.15) is 0 Å². The molecule has 2 aromatic carbocycles. The van der Waals surface area contributed by atoms with Crippen molar-refractivity contribution in [3.05, 3.63) is 64.1 Å². The van der Waals surface area contributed by atoms with Crippen LogP contribution in [0.1, 0.15) is 18.6 Å². The Hall–Kier alpha value is -2.04. The van der Waals surface area contributed by atoms with Crippen molar-refractivity contribution in [2.75, 3.05) is 5.32 Å². The van der Waals surface area contributed by atoms with Crippen molar-refractivity contribution in [3.63, 3.8) is 0 Å². The van der Waals surface area contributed by atoms with Crippen LogP contribution >= 0.6 is 23.2 Å². The van der Waals surface area contributed by atoms with E-state index in [2.05, 4.69) is 5.32 Å². The van der Waals surface area contributed by atoms with Gasteiger partial charge in [-0.3, -0.25) is 9.59 Å². The second-order valence-corrected chi connectivity index (χ2v) is 5.42. The van der Waals surface area contributed by atoms with E-state index in [0.29, 0.717) is 21.3 Å². The largest absolute Gasteiger partial charge is 0.447 e. The zero-order valence-corrected chi connectivity index (χ0v) is 13.2. The van der Waals surface area contributed by atoms with E-state index in [1.54, 1.807) is 42.5 Å². The van der Waals surface area contributed by atoms with E-state index >= 15 is 0 Å². The fourth-order valence-corrected chi connectivity index (χ4v) is 2.43. The van der Waals surface area contributed by atoms with Crippen LogP contribution in [0.25, 0.3) is 0 Å². The second kappa shape index (κ2) is 7.29. The summed E-state index contributed by atoms with van der Waals surface area (Å²) in [7, 11) is 0. The summed E-state index contributed by atoms with van der Waals surface area (Å²) in [5.41, 5.74) is 0.999. The van der Waals surface area contributed by atoms with Crippen molar-refractivity contribution in [2.24, 2.45) is 0 Å².